The van der Waals surface area contributed by atoms with Crippen molar-refractivity contribution in [2.24, 2.45) is 5.92 Å². The Morgan fingerprint density at radius 2 is 1.84 bits per heavy atom. The standard InChI is InChI=1S/C19H19Cl2F3N2O4S/c1-10(18(29)30)25-17(28)12-6-8-26(9-7-12)14(27)5-3-11-2-4-13(16(21)15(11)20)31-19(22,23)24/h2-5,10,12H,6-9H2,1H3,(H,25,28)(H,29,30). The van der Waals surface area contributed by atoms with Crippen molar-refractivity contribution in [3.63, 3.8) is 0 Å². The SMILES string of the molecule is CC(NC(=O)C1CCN(C(=O)C=Cc2ccc(SC(F)(F)F)c(Cl)c2Cl)CC1)C(=O)O. The van der Waals surface area contributed by atoms with E-state index in [9.17, 15) is 27.6 Å². The topological polar surface area (TPSA) is 86.7 Å². The molecule has 12 heteroatoms. The Hall–Kier alpha value is -1.91. The number of thioether (sulfide) groups is 1. The van der Waals surface area contributed by atoms with Crippen LogP contribution in [0.2, 0.25) is 10.0 Å². The van der Waals surface area contributed by atoms with Crippen LogP contribution in [0, 0.1) is 5.92 Å². The number of hydrogen-bond acceptors (Lipinski definition) is 4. The molecule has 0 aliphatic carbocycles. The zero-order valence-corrected chi connectivity index (χ0v) is 18.5. The second-order valence-corrected chi connectivity index (χ2v) is 8.69. The number of carboxylic acid groups (broad SMARTS) is 1. The minimum Gasteiger partial charge on any atom is -0.480 e. The van der Waals surface area contributed by atoms with Crippen molar-refractivity contribution in [2.75, 3.05) is 13.1 Å². The highest BCUT2D eigenvalue weighted by Crippen LogP contribution is 2.43. The summed E-state index contributed by atoms with van der Waals surface area (Å²) < 4.78 is 37.6. The molecule has 0 spiro atoms. The van der Waals surface area contributed by atoms with E-state index in [1.54, 1.807) is 0 Å². The van der Waals surface area contributed by atoms with Gasteiger partial charge in [0.1, 0.15) is 6.04 Å². The Kier molecular flexibility index (Phi) is 8.67. The average Bonchev–Trinajstić information content (AvgIpc) is 2.69. The summed E-state index contributed by atoms with van der Waals surface area (Å²) in [5.41, 5.74) is -4.21. The molecule has 1 atom stereocenters. The minimum atomic E-state index is -4.50. The highest BCUT2D eigenvalue weighted by atomic mass is 35.5. The van der Waals surface area contributed by atoms with Gasteiger partial charge in [-0.1, -0.05) is 29.3 Å². The predicted molar refractivity (Wildman–Crippen MR) is 112 cm³/mol. The molecule has 170 valence electrons. The van der Waals surface area contributed by atoms with Gasteiger partial charge in [0.25, 0.3) is 0 Å². The molecule has 1 saturated heterocycles. The number of halogens is 5. The number of carbonyl (C=O) groups excluding carboxylic acids is 2. The molecule has 6 nitrogen and oxygen atoms in total. The van der Waals surface area contributed by atoms with Crippen molar-refractivity contribution in [3.05, 3.63) is 33.8 Å². The molecule has 2 rings (SSSR count). The first-order valence-electron chi connectivity index (χ1n) is 9.13. The number of nitrogens with one attached hydrogen (secondary N) is 1. The van der Waals surface area contributed by atoms with Crippen molar-refractivity contribution >= 4 is 58.8 Å². The summed E-state index contributed by atoms with van der Waals surface area (Å²) in [6, 6.07) is 1.53. The predicted octanol–water partition coefficient (Wildman–Crippen LogP) is 4.45. The van der Waals surface area contributed by atoms with Crippen molar-refractivity contribution < 1.29 is 32.7 Å². The van der Waals surface area contributed by atoms with E-state index in [1.165, 1.54) is 36.1 Å². The van der Waals surface area contributed by atoms with E-state index in [0.29, 0.717) is 31.5 Å². The Bertz CT molecular complexity index is 888. The normalized spacial score (nSPS) is 16.4. The number of piperidine rings is 1. The van der Waals surface area contributed by atoms with E-state index < -0.39 is 17.5 Å². The first-order valence-corrected chi connectivity index (χ1v) is 10.7. The molecular formula is C19H19Cl2F3N2O4S. The van der Waals surface area contributed by atoms with Crippen molar-refractivity contribution in [1.29, 1.82) is 0 Å². The van der Waals surface area contributed by atoms with Crippen molar-refractivity contribution in [2.45, 2.75) is 36.2 Å². The van der Waals surface area contributed by atoms with Gasteiger partial charge in [-0.25, -0.2) is 0 Å². The quantitative estimate of drug-likeness (QED) is 0.447. The van der Waals surface area contributed by atoms with Crippen molar-refractivity contribution in [1.82, 2.24) is 10.2 Å². The van der Waals surface area contributed by atoms with Crippen LogP contribution in [0.1, 0.15) is 25.3 Å². The number of aliphatic carboxylic acids is 1. The van der Waals surface area contributed by atoms with Crippen LogP contribution in [-0.4, -0.2) is 52.4 Å². The average molecular weight is 499 g/mol. The number of nitrogens with zero attached hydrogens (tertiary/aromatic N) is 1. The number of carboxylic acids is 1. The van der Waals surface area contributed by atoms with E-state index in [4.69, 9.17) is 28.3 Å². The Morgan fingerprint density at radius 1 is 1.23 bits per heavy atom. The zero-order valence-electron chi connectivity index (χ0n) is 16.2. The second kappa shape index (κ2) is 10.6. The van der Waals surface area contributed by atoms with E-state index in [2.05, 4.69) is 5.32 Å². The monoisotopic (exact) mass is 498 g/mol. The van der Waals surface area contributed by atoms with Gasteiger partial charge in [-0.2, -0.15) is 13.2 Å². The molecule has 31 heavy (non-hydrogen) atoms. The van der Waals surface area contributed by atoms with Gasteiger partial charge in [0.15, 0.2) is 0 Å². The van der Waals surface area contributed by atoms with Crippen LogP contribution in [0.5, 0.6) is 0 Å². The third-order valence-corrected chi connectivity index (χ3v) is 6.41. The summed E-state index contributed by atoms with van der Waals surface area (Å²) in [5, 5.41) is 10.9. The van der Waals surface area contributed by atoms with Crippen LogP contribution in [0.4, 0.5) is 13.2 Å². The molecule has 1 fully saturated rings. The molecule has 0 saturated carbocycles. The Labute approximate surface area is 190 Å². The summed E-state index contributed by atoms with van der Waals surface area (Å²) in [6.07, 6.45) is 3.37. The van der Waals surface area contributed by atoms with Crippen LogP contribution in [0.25, 0.3) is 6.08 Å². The number of amides is 2. The molecule has 2 amide bonds. The molecule has 1 heterocycles. The molecule has 0 aromatic heterocycles. The minimum absolute atomic E-state index is 0.0945. The fraction of sp³-hybridized carbons (Fsp3) is 0.421. The van der Waals surface area contributed by atoms with Gasteiger partial charge in [-0.15, -0.1) is 0 Å². The number of likely N-dealkylation sites (tertiary alicyclic amines) is 1. The molecule has 2 N–H and O–H groups in total. The second-order valence-electron chi connectivity index (χ2n) is 6.83. The van der Waals surface area contributed by atoms with Gasteiger partial charge in [0, 0.05) is 30.0 Å². The van der Waals surface area contributed by atoms with Gasteiger partial charge < -0.3 is 15.3 Å². The van der Waals surface area contributed by atoms with Gasteiger partial charge in [-0.3, -0.25) is 14.4 Å². The summed E-state index contributed by atoms with van der Waals surface area (Å²) in [4.78, 5) is 36.6. The third-order valence-electron chi connectivity index (χ3n) is 4.61. The van der Waals surface area contributed by atoms with E-state index in [1.807, 2.05) is 0 Å². The maximum absolute atomic E-state index is 12.5. The molecular weight excluding hydrogens is 480 g/mol. The maximum atomic E-state index is 12.5. The first kappa shape index (κ1) is 25.4. The fourth-order valence-corrected chi connectivity index (χ4v) is 4.05. The summed E-state index contributed by atoms with van der Waals surface area (Å²) in [7, 11) is 0. The zero-order chi connectivity index (χ0) is 23.3. The Balaban J connectivity index is 1.95. The number of rotatable bonds is 6. The molecule has 0 bridgehead atoms. The van der Waals surface area contributed by atoms with Crippen LogP contribution >= 0.6 is 35.0 Å². The van der Waals surface area contributed by atoms with Crippen molar-refractivity contribution in [3.8, 4) is 0 Å². The summed E-state index contributed by atoms with van der Waals surface area (Å²) in [5.74, 6) is -2.23. The molecule has 1 unspecified atom stereocenters. The van der Waals surface area contributed by atoms with E-state index in [0.717, 1.165) is 0 Å². The lowest BCUT2D eigenvalue weighted by atomic mass is 9.95. The van der Waals surface area contributed by atoms with Gasteiger partial charge in [-0.05, 0) is 49.2 Å². The lowest BCUT2D eigenvalue weighted by molar-refractivity contribution is -0.142. The number of hydrogen-bond donors (Lipinski definition) is 2. The lowest BCUT2D eigenvalue weighted by Gasteiger charge is -2.31. The van der Waals surface area contributed by atoms with Crippen LogP contribution in [0.3, 0.4) is 0 Å². The number of carbonyl (C=O) groups is 3. The van der Waals surface area contributed by atoms with Gasteiger partial charge >= 0.3 is 11.5 Å². The van der Waals surface area contributed by atoms with Gasteiger partial charge in [0.2, 0.25) is 11.8 Å². The third kappa shape index (κ3) is 7.33. The summed E-state index contributed by atoms with van der Waals surface area (Å²) in [6.45, 7) is 1.98. The number of alkyl halides is 3. The largest absolute Gasteiger partial charge is 0.480 e. The molecule has 1 aliphatic heterocycles. The fourth-order valence-electron chi connectivity index (χ4n) is 2.90. The molecule has 0 radical (unpaired) electrons. The van der Waals surface area contributed by atoms with E-state index >= 15 is 0 Å². The molecule has 1 aliphatic rings. The van der Waals surface area contributed by atoms with E-state index in [-0.39, 0.29) is 44.4 Å². The first-order chi connectivity index (χ1) is 14.4. The highest BCUT2D eigenvalue weighted by Gasteiger charge is 2.31. The smallest absolute Gasteiger partial charge is 0.446 e. The number of benzene rings is 1. The Morgan fingerprint density at radius 3 is 2.39 bits per heavy atom. The maximum Gasteiger partial charge on any atom is 0.446 e. The van der Waals surface area contributed by atoms with Crippen LogP contribution in [-0.2, 0) is 14.4 Å². The summed E-state index contributed by atoms with van der Waals surface area (Å²) >= 11 is 11.6. The lowest BCUT2D eigenvalue weighted by Crippen LogP contribution is -2.46. The van der Waals surface area contributed by atoms with Crippen LogP contribution < -0.4 is 5.32 Å². The van der Waals surface area contributed by atoms with Gasteiger partial charge in [0.05, 0.1) is 10.0 Å². The molecule has 1 aromatic carbocycles. The van der Waals surface area contributed by atoms with Crippen LogP contribution in [0.15, 0.2) is 23.1 Å². The highest BCUT2D eigenvalue weighted by molar-refractivity contribution is 8.00. The molecule has 1 aromatic rings.